The molecule has 11 rings (SSSR count). The summed E-state index contributed by atoms with van der Waals surface area (Å²) in [5.74, 6) is 0.503. The van der Waals surface area contributed by atoms with Crippen LogP contribution >= 0.6 is 0 Å². The van der Waals surface area contributed by atoms with Crippen molar-refractivity contribution in [1.82, 2.24) is 0 Å². The number of furan rings is 1. The van der Waals surface area contributed by atoms with Crippen molar-refractivity contribution in [2.45, 2.75) is 25.7 Å². The van der Waals surface area contributed by atoms with Crippen LogP contribution in [0, 0.1) is 5.92 Å². The predicted octanol–water partition coefficient (Wildman–Crippen LogP) is 15.8. The van der Waals surface area contributed by atoms with Gasteiger partial charge in [0.05, 0.1) is 11.1 Å². The highest BCUT2D eigenvalue weighted by atomic mass is 16.3. The van der Waals surface area contributed by atoms with Crippen molar-refractivity contribution in [2.75, 3.05) is 4.90 Å². The molecule has 1 heterocycles. The molecule has 2 unspecified atom stereocenters. The van der Waals surface area contributed by atoms with Gasteiger partial charge in [-0.25, -0.2) is 0 Å². The second-order valence-corrected chi connectivity index (χ2v) is 16.0. The lowest BCUT2D eigenvalue weighted by atomic mass is 9.80. The van der Waals surface area contributed by atoms with Crippen LogP contribution in [-0.4, -0.2) is 0 Å². The van der Waals surface area contributed by atoms with Gasteiger partial charge in [0.25, 0.3) is 0 Å². The molecule has 0 spiro atoms. The van der Waals surface area contributed by atoms with Crippen LogP contribution in [0.2, 0.25) is 0 Å². The highest BCUT2D eigenvalue weighted by molar-refractivity contribution is 6.21. The number of nitrogens with zero attached hydrogens (tertiary/aromatic N) is 1. The smallest absolute Gasteiger partial charge is 0.143 e. The van der Waals surface area contributed by atoms with Crippen LogP contribution in [0.1, 0.15) is 42.4 Å². The van der Waals surface area contributed by atoms with E-state index in [4.69, 9.17) is 4.42 Å². The standard InChI is InChI=1S/C57H43NO/c1-38-35-45(42-29-27-41(28-30-42)39-15-4-2-5-16-39)32-34-53(38)58(46-33-31-40-17-8-9-20-44(40)36-46)54-25-14-26-55-56(54)52-37-51(49-23-12-13-24-50(49)57(52)59-55)48-22-11-10-21-47(48)43-18-6-3-7-19-43/h2-20,22-34,36-38,47H,21,35H2,1H3. The lowest BCUT2D eigenvalue weighted by molar-refractivity contribution is 0.671. The highest BCUT2D eigenvalue weighted by Gasteiger charge is 2.28. The molecule has 0 saturated heterocycles. The van der Waals surface area contributed by atoms with Gasteiger partial charge >= 0.3 is 0 Å². The molecule has 8 aromatic carbocycles. The predicted molar refractivity (Wildman–Crippen MR) is 250 cm³/mol. The zero-order chi connectivity index (χ0) is 39.3. The molecular weight excluding hydrogens is 715 g/mol. The zero-order valence-electron chi connectivity index (χ0n) is 33.1. The monoisotopic (exact) mass is 757 g/mol. The summed E-state index contributed by atoms with van der Waals surface area (Å²) in [6.07, 6.45) is 13.4. The van der Waals surface area contributed by atoms with E-state index in [1.807, 2.05) is 0 Å². The molecule has 0 amide bonds. The number of hydrogen-bond donors (Lipinski definition) is 0. The normalized spacial score (nSPS) is 16.7. The summed E-state index contributed by atoms with van der Waals surface area (Å²) in [5.41, 5.74) is 14.4. The zero-order valence-corrected chi connectivity index (χ0v) is 33.1. The Morgan fingerprint density at radius 2 is 1.27 bits per heavy atom. The fourth-order valence-corrected chi connectivity index (χ4v) is 9.57. The van der Waals surface area contributed by atoms with Crippen LogP contribution in [0.5, 0.6) is 0 Å². The molecule has 2 aliphatic carbocycles. The van der Waals surface area contributed by atoms with Crippen molar-refractivity contribution in [3.63, 3.8) is 0 Å². The number of hydrogen-bond acceptors (Lipinski definition) is 2. The van der Waals surface area contributed by atoms with Gasteiger partial charge in [0.15, 0.2) is 0 Å². The van der Waals surface area contributed by atoms with E-state index in [2.05, 4.69) is 218 Å². The molecule has 59 heavy (non-hydrogen) atoms. The van der Waals surface area contributed by atoms with Crippen LogP contribution in [0.25, 0.3) is 65.8 Å². The molecule has 2 aliphatic rings. The third kappa shape index (κ3) is 6.20. The highest BCUT2D eigenvalue weighted by Crippen LogP contribution is 2.48. The molecule has 0 bridgehead atoms. The minimum Gasteiger partial charge on any atom is -0.455 e. The number of rotatable bonds is 7. The van der Waals surface area contributed by atoms with Gasteiger partial charge in [-0.2, -0.15) is 0 Å². The van der Waals surface area contributed by atoms with Crippen molar-refractivity contribution >= 4 is 66.0 Å². The van der Waals surface area contributed by atoms with Crippen molar-refractivity contribution in [1.29, 1.82) is 0 Å². The van der Waals surface area contributed by atoms with Gasteiger partial charge in [-0.1, -0.05) is 177 Å². The first kappa shape index (κ1) is 35.0. The molecule has 2 atom stereocenters. The van der Waals surface area contributed by atoms with Gasteiger partial charge in [0.1, 0.15) is 11.2 Å². The molecule has 0 fully saturated rings. The van der Waals surface area contributed by atoms with E-state index < -0.39 is 0 Å². The molecule has 0 aliphatic heterocycles. The molecule has 2 heteroatoms. The second kappa shape index (κ2) is 14.7. The second-order valence-electron chi connectivity index (χ2n) is 16.0. The lowest BCUT2D eigenvalue weighted by Gasteiger charge is -2.34. The SMILES string of the molecule is CC1CC(c2ccc(-c3ccccc3)cc2)=CC=C1N(c1ccc2ccccc2c1)c1cccc2oc3c4ccccc4c(C4=CC=CCC4c4ccccc4)cc3c12. The summed E-state index contributed by atoms with van der Waals surface area (Å²) in [7, 11) is 0. The van der Waals surface area contributed by atoms with Crippen LogP contribution < -0.4 is 4.90 Å². The number of fused-ring (bicyclic) bond motifs is 6. The van der Waals surface area contributed by atoms with Gasteiger partial charge in [0, 0.05) is 34.0 Å². The number of benzene rings is 8. The van der Waals surface area contributed by atoms with Crippen LogP contribution in [0.3, 0.4) is 0 Å². The molecule has 2 nitrogen and oxygen atoms in total. The molecular formula is C57H43NO. The Kier molecular flexibility index (Phi) is 8.70. The topological polar surface area (TPSA) is 16.4 Å². The van der Waals surface area contributed by atoms with Crippen molar-refractivity contribution in [3.05, 3.63) is 229 Å². The van der Waals surface area contributed by atoms with Gasteiger partial charge < -0.3 is 9.32 Å². The van der Waals surface area contributed by atoms with Crippen LogP contribution in [0.15, 0.2) is 216 Å². The summed E-state index contributed by atoms with van der Waals surface area (Å²) >= 11 is 0. The Labute approximate surface area is 345 Å². The maximum Gasteiger partial charge on any atom is 0.143 e. The Morgan fingerprint density at radius 3 is 2.08 bits per heavy atom. The fraction of sp³-hybridized carbons (Fsp3) is 0.0877. The van der Waals surface area contributed by atoms with E-state index in [0.29, 0.717) is 0 Å². The van der Waals surface area contributed by atoms with Crippen LogP contribution in [-0.2, 0) is 0 Å². The van der Waals surface area contributed by atoms with Gasteiger partial charge in [-0.15, -0.1) is 0 Å². The van der Waals surface area contributed by atoms with Crippen molar-refractivity contribution in [3.8, 4) is 11.1 Å². The van der Waals surface area contributed by atoms with Crippen LogP contribution in [0.4, 0.5) is 11.4 Å². The summed E-state index contributed by atoms with van der Waals surface area (Å²) < 4.78 is 6.96. The average molecular weight is 758 g/mol. The van der Waals surface area contributed by atoms with E-state index in [-0.39, 0.29) is 11.8 Å². The van der Waals surface area contributed by atoms with E-state index in [0.717, 1.165) is 51.5 Å². The molecule has 9 aromatic rings. The molecule has 0 N–H and O–H groups in total. The van der Waals surface area contributed by atoms with Gasteiger partial charge in [-0.05, 0) is 104 Å². The largest absolute Gasteiger partial charge is 0.455 e. The van der Waals surface area contributed by atoms with Gasteiger partial charge in [0.2, 0.25) is 0 Å². The Hall–Kier alpha value is -7.16. The molecule has 0 radical (unpaired) electrons. The number of anilines is 2. The first-order valence-electron chi connectivity index (χ1n) is 20.8. The average Bonchev–Trinajstić information content (AvgIpc) is 3.69. The van der Waals surface area contributed by atoms with E-state index >= 15 is 0 Å². The summed E-state index contributed by atoms with van der Waals surface area (Å²) in [6, 6.07) is 63.9. The molecule has 0 saturated carbocycles. The first-order valence-corrected chi connectivity index (χ1v) is 20.8. The molecule has 282 valence electrons. The van der Waals surface area contributed by atoms with Gasteiger partial charge in [-0.3, -0.25) is 0 Å². The summed E-state index contributed by atoms with van der Waals surface area (Å²) in [4.78, 5) is 2.50. The van der Waals surface area contributed by atoms with Crippen molar-refractivity contribution < 1.29 is 4.42 Å². The van der Waals surface area contributed by atoms with E-state index in [9.17, 15) is 0 Å². The Bertz CT molecular complexity index is 3160. The van der Waals surface area contributed by atoms with E-state index in [1.165, 1.54) is 60.8 Å². The first-order chi connectivity index (χ1) is 29.2. The number of allylic oxidation sites excluding steroid dienone is 8. The molecule has 1 aromatic heterocycles. The minimum atomic E-state index is 0.242. The third-order valence-electron chi connectivity index (χ3n) is 12.5. The summed E-state index contributed by atoms with van der Waals surface area (Å²) in [5, 5.41) is 7.07. The maximum atomic E-state index is 6.96. The van der Waals surface area contributed by atoms with Crippen molar-refractivity contribution in [2.24, 2.45) is 5.92 Å². The quantitative estimate of drug-likeness (QED) is 0.161. The van der Waals surface area contributed by atoms with E-state index in [1.54, 1.807) is 0 Å². The Balaban J connectivity index is 1.10. The lowest BCUT2D eigenvalue weighted by Crippen LogP contribution is -2.23. The maximum absolute atomic E-state index is 6.96. The summed E-state index contributed by atoms with van der Waals surface area (Å²) in [6.45, 7) is 2.37. The third-order valence-corrected chi connectivity index (χ3v) is 12.5. The minimum absolute atomic E-state index is 0.242. The Morgan fingerprint density at radius 1 is 0.559 bits per heavy atom. The fourth-order valence-electron chi connectivity index (χ4n) is 9.57.